The molecule has 0 aliphatic rings. The molecule has 0 aromatic rings. The molecule has 0 aliphatic carbocycles. The summed E-state index contributed by atoms with van der Waals surface area (Å²) in [6.45, 7) is 0. The van der Waals surface area contributed by atoms with Gasteiger partial charge in [0, 0.05) is 89.1 Å². The maximum atomic E-state index is 7.17. The van der Waals surface area contributed by atoms with Gasteiger partial charge in [0.15, 0.2) is 0 Å². The molecule has 0 atom stereocenters. The Labute approximate surface area is 109 Å². The Morgan fingerprint density at radius 2 is 1.00 bits per heavy atom. The Bertz CT molecular complexity index is 15.5. The zero-order valence-corrected chi connectivity index (χ0v) is 8.96. The first kappa shape index (κ1) is 15.9. The van der Waals surface area contributed by atoms with Crippen LogP contribution in [-0.4, -0.2) is 112 Å². The minimum absolute atomic E-state index is 0. The summed E-state index contributed by atoms with van der Waals surface area (Å²) in [5, 5.41) is 21.5. The van der Waals surface area contributed by atoms with Gasteiger partial charge in [0.25, 0.3) is 0 Å². The van der Waals surface area contributed by atoms with Crippen molar-refractivity contribution in [3.8, 4) is 0 Å². The van der Waals surface area contributed by atoms with Crippen molar-refractivity contribution in [1.82, 2.24) is 0 Å². The van der Waals surface area contributed by atoms with Gasteiger partial charge >= 0.3 is 7.32 Å². The molecule has 3 nitrogen and oxygen atoms in total. The number of rotatable bonds is 0. The van der Waals surface area contributed by atoms with Gasteiger partial charge in [-0.05, 0) is 0 Å². The van der Waals surface area contributed by atoms with E-state index in [0.29, 0.717) is 0 Å². The van der Waals surface area contributed by atoms with Crippen LogP contribution in [0, 0.1) is 0 Å². The van der Waals surface area contributed by atoms with Gasteiger partial charge in [-0.15, -0.1) is 0 Å². The van der Waals surface area contributed by atoms with Crippen LogP contribution in [0.25, 0.3) is 0 Å². The molecular weight excluding hydrogens is 138 g/mol. The van der Waals surface area contributed by atoms with E-state index >= 15 is 0 Å². The monoisotopic (exact) mass is 141 g/mol. The van der Waals surface area contributed by atoms with Crippen molar-refractivity contribution in [2.75, 3.05) is 0 Å². The summed E-state index contributed by atoms with van der Waals surface area (Å²) in [5.41, 5.74) is 0. The van der Waals surface area contributed by atoms with Gasteiger partial charge in [-0.2, -0.15) is 0 Å². The maximum Gasteiger partial charge on any atom is 0.631 e. The van der Waals surface area contributed by atoms with Crippen LogP contribution in [0.2, 0.25) is 0 Å². The van der Waals surface area contributed by atoms with Crippen molar-refractivity contribution in [3.63, 3.8) is 0 Å². The van der Waals surface area contributed by atoms with Crippen LogP contribution >= 0.6 is 0 Å². The molecule has 3 N–H and O–H groups in total. The molecule has 0 fully saturated rings. The predicted molar refractivity (Wildman–Crippen MR) is 23.9 cm³/mol. The molecule has 0 spiro atoms. The second kappa shape index (κ2) is 10.8. The average Bonchev–Trinajstić information content (AvgIpc) is 0.811. The van der Waals surface area contributed by atoms with Crippen molar-refractivity contribution in [2.24, 2.45) is 0 Å². The quantitative estimate of drug-likeness (QED) is 0.319. The fourth-order valence-corrected chi connectivity index (χ4v) is 0. The van der Waals surface area contributed by atoms with E-state index in [9.17, 15) is 0 Å². The van der Waals surface area contributed by atoms with Crippen molar-refractivity contribution in [2.45, 2.75) is 0 Å². The van der Waals surface area contributed by atoms with Crippen LogP contribution in [0.15, 0.2) is 0 Å². The third-order valence-electron chi connectivity index (χ3n) is 0. The van der Waals surface area contributed by atoms with Gasteiger partial charge in [-0.3, -0.25) is 0 Å². The topological polar surface area (TPSA) is 60.7 Å². The Morgan fingerprint density at radius 1 is 1.00 bits per heavy atom. The van der Waals surface area contributed by atoms with Gasteiger partial charge in [-0.25, -0.2) is 0 Å². The first-order valence-corrected chi connectivity index (χ1v) is 0.775. The second-order valence-electron chi connectivity index (χ2n) is 0.346. The van der Waals surface area contributed by atoms with Crippen LogP contribution < -0.4 is 0 Å². The van der Waals surface area contributed by atoms with Crippen molar-refractivity contribution in [1.29, 1.82) is 0 Å². The summed E-state index contributed by atoms with van der Waals surface area (Å²) < 4.78 is 0. The van der Waals surface area contributed by atoms with E-state index in [4.69, 9.17) is 15.1 Å². The fourth-order valence-electron chi connectivity index (χ4n) is 0. The molecule has 0 aromatic heterocycles. The zero-order valence-electron chi connectivity index (χ0n) is 3.63. The summed E-state index contributed by atoms with van der Waals surface area (Å²) in [6, 6.07) is 0. The molecule has 0 aromatic carbocycles. The third kappa shape index (κ3) is 28.9. The molecule has 0 unspecified atom stereocenters. The molecule has 0 amide bonds. The fraction of sp³-hybridized carbons (Fsp3) is 0. The molecule has 27 valence electrons. The normalized spacial score (nSPS) is 4.50. The van der Waals surface area contributed by atoms with Crippen molar-refractivity contribution in [3.05, 3.63) is 0 Å². The Kier molecular flexibility index (Phi) is 28.6. The smallest absolute Gasteiger partial charge is 0.402 e. The van der Waals surface area contributed by atoms with E-state index in [1.165, 1.54) is 0 Å². The second-order valence-corrected chi connectivity index (χ2v) is 0.346. The van der Waals surface area contributed by atoms with Crippen LogP contribution in [-0.2, 0) is 0 Å². The molecule has 3 radical (unpaired) electrons. The summed E-state index contributed by atoms with van der Waals surface area (Å²) >= 11 is 0. The van der Waals surface area contributed by atoms with Crippen LogP contribution in [0.4, 0.5) is 0 Å². The first-order valence-electron chi connectivity index (χ1n) is 0.775. The van der Waals surface area contributed by atoms with E-state index in [1.54, 1.807) is 0 Å². The zero-order chi connectivity index (χ0) is 3.58. The molecular formula is H3BCaKO3. The van der Waals surface area contributed by atoms with E-state index < -0.39 is 7.32 Å². The maximum absolute atomic E-state index is 7.17. The summed E-state index contributed by atoms with van der Waals surface area (Å²) in [7, 11) is -2.17. The van der Waals surface area contributed by atoms with Crippen LogP contribution in [0.3, 0.4) is 0 Å². The van der Waals surface area contributed by atoms with Gasteiger partial charge in [0.1, 0.15) is 0 Å². The summed E-state index contributed by atoms with van der Waals surface area (Å²) in [4.78, 5) is 0. The molecule has 0 heterocycles. The minimum Gasteiger partial charge on any atom is -0.402 e. The van der Waals surface area contributed by atoms with Gasteiger partial charge < -0.3 is 15.1 Å². The number of hydrogen-bond donors (Lipinski definition) is 3. The molecule has 6 heteroatoms. The predicted octanol–water partition coefficient (Wildman–Crippen LogP) is -2.81. The standard InChI is InChI=1S/BH3O3.Ca.K/c2-1(3)4;;/h2-4H;;. The van der Waals surface area contributed by atoms with Gasteiger partial charge in [0.05, 0.1) is 0 Å². The molecule has 0 saturated heterocycles. The minimum atomic E-state index is -2.17. The van der Waals surface area contributed by atoms with Crippen molar-refractivity contribution < 1.29 is 15.1 Å². The molecule has 0 saturated carbocycles. The molecule has 0 rings (SSSR count). The van der Waals surface area contributed by atoms with Crippen LogP contribution in [0.5, 0.6) is 0 Å². The van der Waals surface area contributed by atoms with Gasteiger partial charge in [0.2, 0.25) is 0 Å². The average molecular weight is 141 g/mol. The SMILES string of the molecule is OB(O)O.[Ca].[K]. The van der Waals surface area contributed by atoms with Crippen LogP contribution in [0.1, 0.15) is 0 Å². The Hall–Kier alpha value is 2.84. The molecule has 0 aliphatic heterocycles. The summed E-state index contributed by atoms with van der Waals surface area (Å²) in [5.74, 6) is 0. The molecule has 0 bridgehead atoms. The largest absolute Gasteiger partial charge is 0.631 e. The Balaban J connectivity index is -0.0000000450. The first-order chi connectivity index (χ1) is 1.73. The number of hydrogen-bond acceptors (Lipinski definition) is 3. The van der Waals surface area contributed by atoms with E-state index in [-0.39, 0.29) is 89.1 Å². The molecule has 6 heavy (non-hydrogen) atoms. The van der Waals surface area contributed by atoms with E-state index in [2.05, 4.69) is 0 Å². The van der Waals surface area contributed by atoms with Gasteiger partial charge in [-0.1, -0.05) is 0 Å². The summed E-state index contributed by atoms with van der Waals surface area (Å²) in [6.07, 6.45) is 0. The third-order valence-corrected chi connectivity index (χ3v) is 0. The van der Waals surface area contributed by atoms with E-state index in [1.807, 2.05) is 0 Å². The van der Waals surface area contributed by atoms with E-state index in [0.717, 1.165) is 0 Å². The van der Waals surface area contributed by atoms with Crippen molar-refractivity contribution >= 4 is 96.4 Å². The Morgan fingerprint density at radius 3 is 1.00 bits per heavy atom.